The number of fused-ring (bicyclic) bond motifs is 1. The molecule has 20 heavy (non-hydrogen) atoms. The number of H-pyrrole nitrogens is 1. The number of carbonyl (C=O) groups is 1. The molecule has 1 aromatic heterocycles. The second-order valence-corrected chi connectivity index (χ2v) is 5.87. The first-order valence-corrected chi connectivity index (χ1v) is 6.97. The van der Waals surface area contributed by atoms with E-state index in [1.54, 1.807) is 0 Å². The molecule has 106 valence electrons. The molecule has 1 aromatic carbocycles. The minimum Gasteiger partial charge on any atom is -0.465 e. The van der Waals surface area contributed by atoms with Crippen LogP contribution >= 0.6 is 11.6 Å². The van der Waals surface area contributed by atoms with E-state index in [2.05, 4.69) is 9.97 Å². The van der Waals surface area contributed by atoms with Crippen molar-refractivity contribution in [1.82, 2.24) is 14.9 Å². The van der Waals surface area contributed by atoms with E-state index in [0.717, 1.165) is 29.4 Å². The van der Waals surface area contributed by atoms with Crippen molar-refractivity contribution in [1.29, 1.82) is 0 Å². The summed E-state index contributed by atoms with van der Waals surface area (Å²) in [5.41, 5.74) is 2.02. The van der Waals surface area contributed by atoms with Gasteiger partial charge in [0.2, 0.25) is 0 Å². The monoisotopic (exact) mass is 293 g/mol. The summed E-state index contributed by atoms with van der Waals surface area (Å²) in [6.45, 7) is 4.38. The zero-order valence-corrected chi connectivity index (χ0v) is 12.2. The molecule has 0 saturated carbocycles. The van der Waals surface area contributed by atoms with Crippen LogP contribution in [0, 0.1) is 6.92 Å². The number of hydrogen-bond acceptors (Lipinski definition) is 2. The first kappa shape index (κ1) is 13.2. The van der Waals surface area contributed by atoms with Crippen molar-refractivity contribution in [3.63, 3.8) is 0 Å². The maximum Gasteiger partial charge on any atom is 0.408 e. The molecule has 2 aromatic rings. The molecule has 5 nitrogen and oxygen atoms in total. The molecule has 0 bridgehead atoms. The highest BCUT2D eigenvalue weighted by atomic mass is 35.5. The van der Waals surface area contributed by atoms with Crippen LogP contribution in [0.2, 0.25) is 5.02 Å². The van der Waals surface area contributed by atoms with Crippen molar-refractivity contribution in [3.05, 3.63) is 28.5 Å². The molecular weight excluding hydrogens is 278 g/mol. The Kier molecular flexibility index (Phi) is 2.90. The van der Waals surface area contributed by atoms with Crippen LogP contribution in [-0.4, -0.2) is 32.6 Å². The van der Waals surface area contributed by atoms with Crippen LogP contribution in [0.25, 0.3) is 11.0 Å². The Bertz CT molecular complexity index is 697. The Hall–Kier alpha value is -1.75. The molecule has 1 aliphatic rings. The molecule has 1 amide bonds. The van der Waals surface area contributed by atoms with Crippen molar-refractivity contribution in [2.75, 3.05) is 6.54 Å². The van der Waals surface area contributed by atoms with E-state index in [-0.39, 0.29) is 0 Å². The number of likely N-dealkylation sites (tertiary alicyclic amines) is 1. The number of hydrogen-bond donors (Lipinski definition) is 2. The summed E-state index contributed by atoms with van der Waals surface area (Å²) in [4.78, 5) is 20.7. The first-order chi connectivity index (χ1) is 9.43. The van der Waals surface area contributed by atoms with E-state index in [1.165, 1.54) is 4.90 Å². The number of aromatic amines is 1. The second kappa shape index (κ2) is 4.38. The van der Waals surface area contributed by atoms with Crippen molar-refractivity contribution in [2.45, 2.75) is 32.2 Å². The molecule has 1 fully saturated rings. The van der Waals surface area contributed by atoms with Gasteiger partial charge in [0.1, 0.15) is 11.4 Å². The Morgan fingerprint density at radius 2 is 2.30 bits per heavy atom. The molecular formula is C14H16ClN3O2. The molecule has 0 aliphatic carbocycles. The lowest BCUT2D eigenvalue weighted by Crippen LogP contribution is -2.42. The number of nitrogens with one attached hydrogen (secondary N) is 1. The number of nitrogens with zero attached hydrogens (tertiary/aromatic N) is 2. The van der Waals surface area contributed by atoms with Crippen molar-refractivity contribution in [3.8, 4) is 0 Å². The first-order valence-electron chi connectivity index (χ1n) is 6.59. The Labute approximate surface area is 121 Å². The third-order valence-corrected chi connectivity index (χ3v) is 4.63. The molecule has 1 saturated heterocycles. The van der Waals surface area contributed by atoms with Gasteiger partial charge in [-0.3, -0.25) is 4.90 Å². The predicted molar refractivity (Wildman–Crippen MR) is 77.2 cm³/mol. The lowest BCUT2D eigenvalue weighted by molar-refractivity contribution is 0.106. The highest BCUT2D eigenvalue weighted by Gasteiger charge is 2.43. The molecule has 2 heterocycles. The minimum absolute atomic E-state index is 0.544. The van der Waals surface area contributed by atoms with Gasteiger partial charge in [0.15, 0.2) is 0 Å². The Morgan fingerprint density at radius 1 is 1.55 bits per heavy atom. The number of carboxylic acid groups (broad SMARTS) is 1. The van der Waals surface area contributed by atoms with Crippen molar-refractivity contribution in [2.24, 2.45) is 0 Å². The number of imidazole rings is 1. The van der Waals surface area contributed by atoms with Crippen LogP contribution in [0.4, 0.5) is 4.79 Å². The summed E-state index contributed by atoms with van der Waals surface area (Å²) in [5, 5.41) is 10.0. The van der Waals surface area contributed by atoms with E-state index < -0.39 is 11.6 Å². The second-order valence-electron chi connectivity index (χ2n) is 5.47. The molecule has 1 atom stereocenters. The molecule has 1 aliphatic heterocycles. The van der Waals surface area contributed by atoms with Gasteiger partial charge in [-0.05, 0) is 44.4 Å². The van der Waals surface area contributed by atoms with E-state index in [0.29, 0.717) is 17.4 Å². The largest absolute Gasteiger partial charge is 0.465 e. The maximum atomic E-state index is 11.4. The normalized spacial score (nSPS) is 22.6. The smallest absolute Gasteiger partial charge is 0.408 e. The average molecular weight is 294 g/mol. The summed E-state index contributed by atoms with van der Waals surface area (Å²) in [6, 6.07) is 3.71. The summed E-state index contributed by atoms with van der Waals surface area (Å²) in [5.74, 6) is 0.692. The van der Waals surface area contributed by atoms with Gasteiger partial charge in [0.05, 0.1) is 11.0 Å². The Morgan fingerprint density at radius 3 is 3.00 bits per heavy atom. The summed E-state index contributed by atoms with van der Waals surface area (Å²) in [7, 11) is 0. The van der Waals surface area contributed by atoms with Crippen molar-refractivity contribution >= 4 is 28.7 Å². The summed E-state index contributed by atoms with van der Waals surface area (Å²) in [6.07, 6.45) is 0.714. The van der Waals surface area contributed by atoms with Gasteiger partial charge >= 0.3 is 6.09 Å². The number of rotatable bonds is 1. The third-order valence-electron chi connectivity index (χ3n) is 4.22. The number of amides is 1. The summed E-state index contributed by atoms with van der Waals surface area (Å²) >= 11 is 6.11. The van der Waals surface area contributed by atoms with Crippen LogP contribution < -0.4 is 0 Å². The SMILES string of the molecule is Cc1c(Cl)ccc2[nH]c([C@]3(C)CCCN3C(=O)O)nc12. The Balaban J connectivity index is 2.15. The minimum atomic E-state index is -0.903. The highest BCUT2D eigenvalue weighted by Crippen LogP contribution is 2.38. The predicted octanol–water partition coefficient (Wildman–Crippen LogP) is 3.51. The van der Waals surface area contributed by atoms with Crippen molar-refractivity contribution < 1.29 is 9.90 Å². The van der Waals surface area contributed by atoms with Gasteiger partial charge in [-0.25, -0.2) is 9.78 Å². The zero-order chi connectivity index (χ0) is 14.5. The quantitative estimate of drug-likeness (QED) is 0.845. The fourth-order valence-corrected chi connectivity index (χ4v) is 3.11. The number of aryl methyl sites for hydroxylation is 1. The average Bonchev–Trinajstić information content (AvgIpc) is 2.98. The van der Waals surface area contributed by atoms with E-state index in [9.17, 15) is 9.90 Å². The fourth-order valence-electron chi connectivity index (χ4n) is 2.96. The van der Waals surface area contributed by atoms with Gasteiger partial charge in [-0.2, -0.15) is 0 Å². The standard InChI is InChI=1S/C14H16ClN3O2/c1-8-9(15)4-5-10-11(8)17-12(16-10)14(2)6-3-7-18(14)13(19)20/h4-5H,3,6-7H2,1-2H3,(H,16,17)(H,19,20)/t14-/m0/s1. The van der Waals surface area contributed by atoms with Gasteiger partial charge in [0, 0.05) is 11.6 Å². The van der Waals surface area contributed by atoms with Crippen LogP contribution in [0.15, 0.2) is 12.1 Å². The molecule has 2 N–H and O–H groups in total. The highest BCUT2D eigenvalue weighted by molar-refractivity contribution is 6.32. The molecule has 3 rings (SSSR count). The molecule has 0 radical (unpaired) electrons. The fraction of sp³-hybridized carbons (Fsp3) is 0.429. The molecule has 6 heteroatoms. The van der Waals surface area contributed by atoms with E-state index >= 15 is 0 Å². The van der Waals surface area contributed by atoms with Crippen LogP contribution in [0.5, 0.6) is 0 Å². The van der Waals surface area contributed by atoms with Crippen LogP contribution in [-0.2, 0) is 5.54 Å². The van der Waals surface area contributed by atoms with Crippen LogP contribution in [0.3, 0.4) is 0 Å². The van der Waals surface area contributed by atoms with Gasteiger partial charge < -0.3 is 10.1 Å². The van der Waals surface area contributed by atoms with Gasteiger partial charge in [-0.15, -0.1) is 0 Å². The topological polar surface area (TPSA) is 69.2 Å². The van der Waals surface area contributed by atoms with E-state index in [1.807, 2.05) is 26.0 Å². The third kappa shape index (κ3) is 1.77. The maximum absolute atomic E-state index is 11.4. The van der Waals surface area contributed by atoms with Gasteiger partial charge in [-0.1, -0.05) is 11.6 Å². The number of aromatic nitrogens is 2. The van der Waals surface area contributed by atoms with E-state index in [4.69, 9.17) is 11.6 Å². The number of benzene rings is 1. The van der Waals surface area contributed by atoms with Crippen LogP contribution in [0.1, 0.15) is 31.2 Å². The number of halogens is 1. The summed E-state index contributed by atoms with van der Waals surface area (Å²) < 4.78 is 0. The molecule has 0 spiro atoms. The zero-order valence-electron chi connectivity index (χ0n) is 11.4. The molecule has 0 unspecified atom stereocenters. The lowest BCUT2D eigenvalue weighted by atomic mass is 9.98. The van der Waals surface area contributed by atoms with Gasteiger partial charge in [0.25, 0.3) is 0 Å². The lowest BCUT2D eigenvalue weighted by Gasteiger charge is -2.31.